The number of aryl methyl sites for hydroxylation is 1. The fourth-order valence-electron chi connectivity index (χ4n) is 1.87. The number of hydrogen-bond donors (Lipinski definition) is 2. The number of alkyl carbamates (subject to hydrolysis) is 1. The number of amides is 1. The van der Waals surface area contributed by atoms with Crippen LogP contribution in [0.15, 0.2) is 18.2 Å². The summed E-state index contributed by atoms with van der Waals surface area (Å²) >= 11 is 0. The Bertz CT molecular complexity index is 731. The molecule has 0 bridgehead atoms. The first-order chi connectivity index (χ1) is 11.1. The summed E-state index contributed by atoms with van der Waals surface area (Å²) < 4.78 is 31.3. The van der Waals surface area contributed by atoms with Gasteiger partial charge in [-0.2, -0.15) is 5.26 Å². The van der Waals surface area contributed by atoms with Crippen molar-refractivity contribution in [2.24, 2.45) is 0 Å². The van der Waals surface area contributed by atoms with Crippen LogP contribution in [0.25, 0.3) is 0 Å². The molecule has 2 N–H and O–H groups in total. The van der Waals surface area contributed by atoms with Gasteiger partial charge in [-0.1, -0.05) is 13.0 Å². The summed E-state index contributed by atoms with van der Waals surface area (Å²) in [6.07, 6.45) is 0.0175. The van der Waals surface area contributed by atoms with Gasteiger partial charge in [0, 0.05) is 11.2 Å². The Hall–Kier alpha value is -2.27. The van der Waals surface area contributed by atoms with E-state index in [1.165, 1.54) is 6.07 Å². The van der Waals surface area contributed by atoms with Gasteiger partial charge in [0.2, 0.25) is 10.0 Å². The lowest BCUT2D eigenvalue weighted by atomic mass is 10.1. The Labute approximate surface area is 143 Å². The summed E-state index contributed by atoms with van der Waals surface area (Å²) in [4.78, 5) is 11.5. The molecule has 1 aromatic rings. The molecule has 0 aromatic heterocycles. The van der Waals surface area contributed by atoms with E-state index in [1.54, 1.807) is 32.9 Å². The normalized spacial score (nSPS) is 11.5. The highest BCUT2D eigenvalue weighted by Crippen LogP contribution is 2.17. The molecule has 0 spiro atoms. The number of hydrogen-bond acceptors (Lipinski definition) is 5. The second-order valence-electron chi connectivity index (χ2n) is 6.27. The second kappa shape index (κ2) is 8.02. The van der Waals surface area contributed by atoms with Crippen LogP contribution in [-0.4, -0.2) is 32.4 Å². The minimum absolute atomic E-state index is 0.268. The molecule has 7 nitrogen and oxygen atoms in total. The predicted octanol–water partition coefficient (Wildman–Crippen LogP) is 2.39. The lowest BCUT2D eigenvalue weighted by molar-refractivity contribution is 0.144. The van der Waals surface area contributed by atoms with E-state index in [0.29, 0.717) is 17.7 Å². The van der Waals surface area contributed by atoms with Crippen LogP contribution >= 0.6 is 0 Å². The van der Waals surface area contributed by atoms with E-state index in [-0.39, 0.29) is 12.4 Å². The fraction of sp³-hybridized carbons (Fsp3) is 0.500. The summed E-state index contributed by atoms with van der Waals surface area (Å²) in [5.41, 5.74) is 1.13. The number of sulfonamides is 1. The van der Waals surface area contributed by atoms with Crippen LogP contribution in [0.5, 0.6) is 0 Å². The first-order valence-corrected chi connectivity index (χ1v) is 9.20. The van der Waals surface area contributed by atoms with Crippen LogP contribution in [-0.2, 0) is 21.2 Å². The summed E-state index contributed by atoms with van der Waals surface area (Å²) in [6, 6.07) is 6.84. The highest BCUT2D eigenvalue weighted by molar-refractivity contribution is 7.92. The Kier molecular flexibility index (Phi) is 6.60. The smallest absolute Gasteiger partial charge is 0.407 e. The number of nitrogens with one attached hydrogen (secondary N) is 2. The molecule has 0 atom stereocenters. The zero-order valence-corrected chi connectivity index (χ0v) is 15.2. The van der Waals surface area contributed by atoms with Gasteiger partial charge in [0.05, 0.1) is 11.6 Å². The minimum atomic E-state index is -3.68. The van der Waals surface area contributed by atoms with Crippen molar-refractivity contribution in [3.05, 3.63) is 29.3 Å². The van der Waals surface area contributed by atoms with Crippen molar-refractivity contribution in [3.8, 4) is 6.07 Å². The third kappa shape index (κ3) is 6.87. The number of benzene rings is 1. The monoisotopic (exact) mass is 353 g/mol. The molecular weight excluding hydrogens is 330 g/mol. The minimum Gasteiger partial charge on any atom is -0.448 e. The van der Waals surface area contributed by atoms with Gasteiger partial charge in [-0.3, -0.25) is 4.72 Å². The van der Waals surface area contributed by atoms with Gasteiger partial charge >= 0.3 is 6.09 Å². The first kappa shape index (κ1) is 19.8. The molecule has 0 aliphatic heterocycles. The molecule has 0 fully saturated rings. The van der Waals surface area contributed by atoms with E-state index in [0.717, 1.165) is 5.56 Å². The SMILES string of the molecule is CCc1ccc(NS(=O)(=O)CCOC(=O)NC(C)(C)C)cc1C#N. The first-order valence-electron chi connectivity index (χ1n) is 7.55. The van der Waals surface area contributed by atoms with E-state index >= 15 is 0 Å². The van der Waals surface area contributed by atoms with Gasteiger partial charge in [0.15, 0.2) is 0 Å². The average Bonchev–Trinajstić information content (AvgIpc) is 2.44. The van der Waals surface area contributed by atoms with E-state index < -0.39 is 21.7 Å². The average molecular weight is 353 g/mol. The largest absolute Gasteiger partial charge is 0.448 e. The van der Waals surface area contributed by atoms with E-state index in [4.69, 9.17) is 10.00 Å². The zero-order valence-electron chi connectivity index (χ0n) is 14.3. The van der Waals surface area contributed by atoms with Gasteiger partial charge in [0.25, 0.3) is 0 Å². The Morgan fingerprint density at radius 3 is 2.54 bits per heavy atom. The Morgan fingerprint density at radius 2 is 2.00 bits per heavy atom. The van der Waals surface area contributed by atoms with Gasteiger partial charge in [-0.15, -0.1) is 0 Å². The third-order valence-corrected chi connectivity index (χ3v) is 4.20. The Balaban J connectivity index is 2.62. The molecule has 1 amide bonds. The Morgan fingerprint density at radius 1 is 1.33 bits per heavy atom. The third-order valence-electron chi connectivity index (χ3n) is 2.95. The maximum atomic E-state index is 12.0. The molecule has 0 heterocycles. The van der Waals surface area contributed by atoms with Crippen LogP contribution in [0.1, 0.15) is 38.8 Å². The molecule has 0 aliphatic rings. The predicted molar refractivity (Wildman–Crippen MR) is 92.2 cm³/mol. The van der Waals surface area contributed by atoms with E-state index in [9.17, 15) is 13.2 Å². The fourth-order valence-corrected chi connectivity index (χ4v) is 2.76. The molecule has 24 heavy (non-hydrogen) atoms. The van der Waals surface area contributed by atoms with Crippen LogP contribution in [0.4, 0.5) is 10.5 Å². The standard InChI is InChI=1S/C16H23N3O4S/c1-5-12-6-7-14(10-13(12)11-17)19-24(21,22)9-8-23-15(20)18-16(2,3)4/h6-7,10,19H,5,8-9H2,1-4H3,(H,18,20). The number of ether oxygens (including phenoxy) is 1. The number of nitrogens with zero attached hydrogens (tertiary/aromatic N) is 1. The molecule has 0 unspecified atom stereocenters. The maximum absolute atomic E-state index is 12.0. The van der Waals surface area contributed by atoms with E-state index in [1.807, 2.05) is 13.0 Å². The van der Waals surface area contributed by atoms with Crippen molar-refractivity contribution < 1.29 is 17.9 Å². The summed E-state index contributed by atoms with van der Waals surface area (Å²) in [5, 5.41) is 11.6. The van der Waals surface area contributed by atoms with Crippen LogP contribution in [0.3, 0.4) is 0 Å². The summed E-state index contributed by atoms with van der Waals surface area (Å²) in [5.74, 6) is -0.373. The van der Waals surface area contributed by atoms with Gasteiger partial charge in [-0.25, -0.2) is 13.2 Å². The number of rotatable bonds is 6. The van der Waals surface area contributed by atoms with Crippen molar-refractivity contribution in [1.82, 2.24) is 5.32 Å². The van der Waals surface area contributed by atoms with Crippen LogP contribution in [0, 0.1) is 11.3 Å². The zero-order chi connectivity index (χ0) is 18.4. The molecule has 132 valence electrons. The molecule has 8 heteroatoms. The van der Waals surface area contributed by atoms with Gasteiger partial charge < -0.3 is 10.1 Å². The topological polar surface area (TPSA) is 108 Å². The van der Waals surface area contributed by atoms with Crippen LogP contribution in [0.2, 0.25) is 0 Å². The highest BCUT2D eigenvalue weighted by atomic mass is 32.2. The van der Waals surface area contributed by atoms with Crippen molar-refractivity contribution in [1.29, 1.82) is 5.26 Å². The lowest BCUT2D eigenvalue weighted by Gasteiger charge is -2.19. The molecule has 0 saturated carbocycles. The summed E-state index contributed by atoms with van der Waals surface area (Å²) in [6.45, 7) is 7.02. The second-order valence-corrected chi connectivity index (χ2v) is 8.11. The molecule has 1 rings (SSSR count). The van der Waals surface area contributed by atoms with Gasteiger partial charge in [0.1, 0.15) is 12.4 Å². The molecule has 0 saturated heterocycles. The molecule has 0 aliphatic carbocycles. The van der Waals surface area contributed by atoms with Crippen LogP contribution < -0.4 is 10.0 Å². The van der Waals surface area contributed by atoms with Crippen molar-refractivity contribution in [2.45, 2.75) is 39.7 Å². The highest BCUT2D eigenvalue weighted by Gasteiger charge is 2.17. The molecular formula is C16H23N3O4S. The quantitative estimate of drug-likeness (QED) is 0.816. The number of carbonyl (C=O) groups excluding carboxylic acids is 1. The molecule has 0 radical (unpaired) electrons. The lowest BCUT2D eigenvalue weighted by Crippen LogP contribution is -2.41. The van der Waals surface area contributed by atoms with Gasteiger partial charge in [-0.05, 0) is 44.9 Å². The molecule has 1 aromatic carbocycles. The number of nitriles is 1. The van der Waals surface area contributed by atoms with Crippen molar-refractivity contribution >= 4 is 21.8 Å². The number of anilines is 1. The van der Waals surface area contributed by atoms with Crippen molar-refractivity contribution in [3.63, 3.8) is 0 Å². The number of carbonyl (C=O) groups is 1. The summed E-state index contributed by atoms with van der Waals surface area (Å²) in [7, 11) is -3.68. The van der Waals surface area contributed by atoms with E-state index in [2.05, 4.69) is 10.0 Å². The van der Waals surface area contributed by atoms with Crippen molar-refractivity contribution in [2.75, 3.05) is 17.1 Å². The maximum Gasteiger partial charge on any atom is 0.407 e.